The van der Waals surface area contributed by atoms with Crippen molar-refractivity contribution in [1.82, 2.24) is 5.32 Å². The molecular weight excluding hydrogens is 206 g/mol. The van der Waals surface area contributed by atoms with Gasteiger partial charge in [-0.3, -0.25) is 0 Å². The molecule has 17 heavy (non-hydrogen) atoms. The molecule has 0 aliphatic heterocycles. The van der Waals surface area contributed by atoms with Gasteiger partial charge >= 0.3 is 0 Å². The molecule has 96 valence electrons. The van der Waals surface area contributed by atoms with Gasteiger partial charge in [-0.25, -0.2) is 0 Å². The zero-order valence-electron chi connectivity index (χ0n) is 12.0. The summed E-state index contributed by atoms with van der Waals surface area (Å²) in [5, 5.41) is 3.62. The SMILES string of the molecule is Cc1cccc(CNC(C)CCC(C)C)c1C. The van der Waals surface area contributed by atoms with Gasteiger partial charge in [0.2, 0.25) is 0 Å². The highest BCUT2D eigenvalue weighted by Gasteiger charge is 2.05. The van der Waals surface area contributed by atoms with Crippen molar-refractivity contribution in [3.05, 3.63) is 34.9 Å². The van der Waals surface area contributed by atoms with Gasteiger partial charge in [-0.15, -0.1) is 0 Å². The first-order valence-electron chi connectivity index (χ1n) is 6.79. The fourth-order valence-electron chi connectivity index (χ4n) is 1.97. The lowest BCUT2D eigenvalue weighted by Gasteiger charge is -2.16. The van der Waals surface area contributed by atoms with E-state index in [-0.39, 0.29) is 0 Å². The van der Waals surface area contributed by atoms with E-state index in [4.69, 9.17) is 0 Å². The van der Waals surface area contributed by atoms with Crippen molar-refractivity contribution in [3.63, 3.8) is 0 Å². The van der Waals surface area contributed by atoms with Crippen LogP contribution in [0.15, 0.2) is 18.2 Å². The first-order valence-corrected chi connectivity index (χ1v) is 6.79. The third kappa shape index (κ3) is 4.91. The highest BCUT2D eigenvalue weighted by Crippen LogP contribution is 2.13. The normalized spacial score (nSPS) is 13.1. The summed E-state index contributed by atoms with van der Waals surface area (Å²) < 4.78 is 0. The largest absolute Gasteiger partial charge is 0.310 e. The van der Waals surface area contributed by atoms with Gasteiger partial charge in [0.05, 0.1) is 0 Å². The maximum Gasteiger partial charge on any atom is 0.0210 e. The molecule has 1 aromatic rings. The molecule has 0 fully saturated rings. The summed E-state index contributed by atoms with van der Waals surface area (Å²) in [5.41, 5.74) is 4.25. The van der Waals surface area contributed by atoms with Gasteiger partial charge in [-0.1, -0.05) is 32.0 Å². The van der Waals surface area contributed by atoms with Gasteiger partial charge in [0.15, 0.2) is 0 Å². The third-order valence-electron chi connectivity index (χ3n) is 3.53. The Balaban J connectivity index is 2.42. The molecule has 1 rings (SSSR count). The Hall–Kier alpha value is -0.820. The summed E-state index contributed by atoms with van der Waals surface area (Å²) in [7, 11) is 0. The number of hydrogen-bond donors (Lipinski definition) is 1. The van der Waals surface area contributed by atoms with Crippen LogP contribution in [0.5, 0.6) is 0 Å². The van der Waals surface area contributed by atoms with Crippen molar-refractivity contribution in [2.24, 2.45) is 5.92 Å². The Morgan fingerprint density at radius 3 is 2.41 bits per heavy atom. The van der Waals surface area contributed by atoms with Crippen molar-refractivity contribution >= 4 is 0 Å². The average molecular weight is 233 g/mol. The smallest absolute Gasteiger partial charge is 0.0210 e. The van der Waals surface area contributed by atoms with Crippen LogP contribution in [0.4, 0.5) is 0 Å². The van der Waals surface area contributed by atoms with Crippen LogP contribution in [0.25, 0.3) is 0 Å². The first-order chi connectivity index (χ1) is 8.00. The first kappa shape index (κ1) is 14.2. The minimum atomic E-state index is 0.609. The second kappa shape index (κ2) is 6.80. The van der Waals surface area contributed by atoms with Crippen molar-refractivity contribution in [1.29, 1.82) is 0 Å². The van der Waals surface area contributed by atoms with E-state index in [1.807, 2.05) is 0 Å². The molecular formula is C16H27N. The second-order valence-corrected chi connectivity index (χ2v) is 5.61. The topological polar surface area (TPSA) is 12.0 Å². The van der Waals surface area contributed by atoms with E-state index in [0.717, 1.165) is 12.5 Å². The highest BCUT2D eigenvalue weighted by molar-refractivity contribution is 5.32. The number of benzene rings is 1. The van der Waals surface area contributed by atoms with E-state index in [1.165, 1.54) is 29.5 Å². The number of hydrogen-bond acceptors (Lipinski definition) is 1. The molecule has 1 nitrogen and oxygen atoms in total. The van der Waals surface area contributed by atoms with Crippen LogP contribution in [-0.4, -0.2) is 6.04 Å². The molecule has 1 heteroatoms. The Labute approximate surface area is 107 Å². The Morgan fingerprint density at radius 1 is 1.06 bits per heavy atom. The molecule has 1 atom stereocenters. The molecule has 1 N–H and O–H groups in total. The summed E-state index contributed by atoms with van der Waals surface area (Å²) in [5.74, 6) is 0.806. The van der Waals surface area contributed by atoms with Gasteiger partial charge in [0.1, 0.15) is 0 Å². The lowest BCUT2D eigenvalue weighted by atomic mass is 10.0. The molecule has 0 spiro atoms. The average Bonchev–Trinajstić information content (AvgIpc) is 2.28. The lowest BCUT2D eigenvalue weighted by Crippen LogP contribution is -2.26. The van der Waals surface area contributed by atoms with Crippen LogP contribution in [0.3, 0.4) is 0 Å². The maximum atomic E-state index is 3.62. The van der Waals surface area contributed by atoms with Gasteiger partial charge < -0.3 is 5.32 Å². The molecule has 0 heterocycles. The van der Waals surface area contributed by atoms with Crippen LogP contribution in [0.2, 0.25) is 0 Å². The fourth-order valence-corrected chi connectivity index (χ4v) is 1.97. The summed E-state index contributed by atoms with van der Waals surface area (Å²) in [6, 6.07) is 7.17. The summed E-state index contributed by atoms with van der Waals surface area (Å²) in [6.07, 6.45) is 2.57. The van der Waals surface area contributed by atoms with E-state index in [1.54, 1.807) is 0 Å². The summed E-state index contributed by atoms with van der Waals surface area (Å²) in [6.45, 7) is 12.3. The quantitative estimate of drug-likeness (QED) is 0.776. The standard InChI is InChI=1S/C16H27N/c1-12(2)9-10-14(4)17-11-16-8-6-7-13(3)15(16)5/h6-8,12,14,17H,9-11H2,1-5H3. The molecule has 1 aromatic carbocycles. The Morgan fingerprint density at radius 2 is 1.76 bits per heavy atom. The van der Waals surface area contributed by atoms with Crippen molar-refractivity contribution in [3.8, 4) is 0 Å². The number of aryl methyl sites for hydroxylation is 1. The van der Waals surface area contributed by atoms with Crippen molar-refractivity contribution in [2.45, 2.75) is 60.0 Å². The number of nitrogens with one attached hydrogen (secondary N) is 1. The number of rotatable bonds is 6. The molecule has 0 radical (unpaired) electrons. The maximum absolute atomic E-state index is 3.62. The predicted molar refractivity (Wildman–Crippen MR) is 76.3 cm³/mol. The van der Waals surface area contributed by atoms with Gasteiger partial charge in [0.25, 0.3) is 0 Å². The second-order valence-electron chi connectivity index (χ2n) is 5.61. The Bertz CT molecular complexity index is 341. The molecule has 0 bridgehead atoms. The highest BCUT2D eigenvalue weighted by atomic mass is 14.9. The van der Waals surface area contributed by atoms with E-state index >= 15 is 0 Å². The molecule has 0 aliphatic carbocycles. The minimum absolute atomic E-state index is 0.609. The Kier molecular flexibility index (Phi) is 5.70. The van der Waals surface area contributed by atoms with E-state index in [9.17, 15) is 0 Å². The van der Waals surface area contributed by atoms with Gasteiger partial charge in [-0.05, 0) is 56.2 Å². The van der Waals surface area contributed by atoms with Crippen LogP contribution in [0, 0.1) is 19.8 Å². The predicted octanol–water partition coefficient (Wildman–Crippen LogP) is 4.22. The molecule has 0 aliphatic rings. The zero-order chi connectivity index (χ0) is 12.8. The minimum Gasteiger partial charge on any atom is -0.310 e. The molecule has 0 saturated heterocycles. The van der Waals surface area contributed by atoms with E-state index in [0.29, 0.717) is 6.04 Å². The fraction of sp³-hybridized carbons (Fsp3) is 0.625. The molecule has 1 unspecified atom stereocenters. The molecule has 0 amide bonds. The van der Waals surface area contributed by atoms with Gasteiger partial charge in [0, 0.05) is 12.6 Å². The van der Waals surface area contributed by atoms with E-state index in [2.05, 4.69) is 58.1 Å². The van der Waals surface area contributed by atoms with Gasteiger partial charge in [-0.2, -0.15) is 0 Å². The summed E-state index contributed by atoms with van der Waals surface area (Å²) in [4.78, 5) is 0. The lowest BCUT2D eigenvalue weighted by molar-refractivity contribution is 0.450. The van der Waals surface area contributed by atoms with Crippen molar-refractivity contribution < 1.29 is 0 Å². The molecule has 0 saturated carbocycles. The third-order valence-corrected chi connectivity index (χ3v) is 3.53. The van der Waals surface area contributed by atoms with Crippen LogP contribution in [0.1, 0.15) is 50.3 Å². The van der Waals surface area contributed by atoms with Crippen molar-refractivity contribution in [2.75, 3.05) is 0 Å². The van der Waals surface area contributed by atoms with Crippen LogP contribution >= 0.6 is 0 Å². The van der Waals surface area contributed by atoms with Crippen LogP contribution in [-0.2, 0) is 6.54 Å². The van der Waals surface area contributed by atoms with Crippen LogP contribution < -0.4 is 5.32 Å². The van der Waals surface area contributed by atoms with E-state index < -0.39 is 0 Å². The summed E-state index contributed by atoms with van der Waals surface area (Å²) >= 11 is 0. The zero-order valence-corrected chi connectivity index (χ0v) is 12.0. The molecule has 0 aromatic heterocycles. The monoisotopic (exact) mass is 233 g/mol.